The summed E-state index contributed by atoms with van der Waals surface area (Å²) in [6.07, 6.45) is 3.13. The molecule has 1 heterocycles. The lowest BCUT2D eigenvalue weighted by Gasteiger charge is -2.28. The summed E-state index contributed by atoms with van der Waals surface area (Å²) in [6.45, 7) is 3.83. The highest BCUT2D eigenvalue weighted by Gasteiger charge is 2.30. The van der Waals surface area contributed by atoms with Gasteiger partial charge in [0.2, 0.25) is 0 Å². The van der Waals surface area contributed by atoms with Gasteiger partial charge in [-0.2, -0.15) is 0 Å². The smallest absolute Gasteiger partial charge is 0.305 e. The molecular formula is C13H20N2O4S. The quantitative estimate of drug-likeness (QED) is 0.763. The molecule has 1 atom stereocenters. The van der Waals surface area contributed by atoms with Crippen LogP contribution in [0.2, 0.25) is 0 Å². The van der Waals surface area contributed by atoms with E-state index in [4.69, 9.17) is 9.84 Å². The van der Waals surface area contributed by atoms with Crippen molar-refractivity contribution in [2.75, 3.05) is 13.7 Å². The van der Waals surface area contributed by atoms with E-state index in [0.29, 0.717) is 4.88 Å². The van der Waals surface area contributed by atoms with Crippen molar-refractivity contribution in [3.63, 3.8) is 0 Å². The molecule has 1 rings (SSSR count). The number of amides is 1. The van der Waals surface area contributed by atoms with Crippen molar-refractivity contribution < 1.29 is 19.4 Å². The fraction of sp³-hybridized carbons (Fsp3) is 0.615. The molecule has 0 fully saturated rings. The third kappa shape index (κ3) is 4.90. The maximum Gasteiger partial charge on any atom is 0.305 e. The second-order valence-electron chi connectivity index (χ2n) is 4.89. The van der Waals surface area contributed by atoms with Crippen molar-refractivity contribution in [3.8, 4) is 0 Å². The first-order valence-corrected chi connectivity index (χ1v) is 7.20. The lowest BCUT2D eigenvalue weighted by atomic mass is 9.99. The molecule has 112 valence electrons. The molecule has 2 N–H and O–H groups in total. The molecule has 6 nitrogen and oxygen atoms in total. The Bertz CT molecular complexity index is 475. The van der Waals surface area contributed by atoms with Gasteiger partial charge in [0.1, 0.15) is 4.88 Å². The van der Waals surface area contributed by atoms with Crippen LogP contribution in [-0.2, 0) is 16.0 Å². The van der Waals surface area contributed by atoms with Crippen molar-refractivity contribution in [1.82, 2.24) is 10.3 Å². The number of thiazole rings is 1. The lowest BCUT2D eigenvalue weighted by molar-refractivity contribution is -0.139. The number of aliphatic carboxylic acids is 1. The molecule has 0 bridgehead atoms. The highest BCUT2D eigenvalue weighted by Crippen LogP contribution is 2.17. The molecule has 1 aromatic rings. The summed E-state index contributed by atoms with van der Waals surface area (Å²) in [6, 6.07) is 0. The number of nitrogens with zero attached hydrogens (tertiary/aromatic N) is 1. The molecule has 0 spiro atoms. The molecule has 0 aromatic carbocycles. The Labute approximate surface area is 122 Å². The van der Waals surface area contributed by atoms with Crippen molar-refractivity contribution in [2.24, 2.45) is 0 Å². The summed E-state index contributed by atoms with van der Waals surface area (Å²) in [5.41, 5.74) is -0.938. The number of aryl methyl sites for hydroxylation is 1. The number of hydrogen-bond donors (Lipinski definition) is 2. The van der Waals surface area contributed by atoms with Crippen LogP contribution in [0.3, 0.4) is 0 Å². The Morgan fingerprint density at radius 2 is 2.25 bits per heavy atom. The first kappa shape index (κ1) is 16.6. The Morgan fingerprint density at radius 3 is 2.80 bits per heavy atom. The Kier molecular flexibility index (Phi) is 6.09. The van der Waals surface area contributed by atoms with E-state index in [9.17, 15) is 9.59 Å². The van der Waals surface area contributed by atoms with E-state index >= 15 is 0 Å². The van der Waals surface area contributed by atoms with Crippen LogP contribution in [0.4, 0.5) is 0 Å². The van der Waals surface area contributed by atoms with Gasteiger partial charge in [0.15, 0.2) is 0 Å². The van der Waals surface area contributed by atoms with E-state index in [0.717, 1.165) is 17.8 Å². The highest BCUT2D eigenvalue weighted by molar-refractivity contribution is 7.13. The van der Waals surface area contributed by atoms with Crippen LogP contribution in [0, 0.1) is 0 Å². The second-order valence-corrected chi connectivity index (χ2v) is 6.00. The molecule has 1 unspecified atom stereocenters. The predicted octanol–water partition coefficient (Wildman–Crippen LogP) is 1.71. The van der Waals surface area contributed by atoms with Crippen LogP contribution in [0.15, 0.2) is 6.20 Å². The van der Waals surface area contributed by atoms with Crippen molar-refractivity contribution in [3.05, 3.63) is 16.1 Å². The number of nitrogens with one attached hydrogen (secondary N) is 1. The van der Waals surface area contributed by atoms with Gasteiger partial charge < -0.3 is 15.2 Å². The Hall–Kier alpha value is -1.47. The van der Waals surface area contributed by atoms with Gasteiger partial charge in [-0.05, 0) is 19.8 Å². The number of aromatic nitrogens is 1. The fourth-order valence-electron chi connectivity index (χ4n) is 1.86. The number of ether oxygens (including phenoxy) is 1. The van der Waals surface area contributed by atoms with E-state index in [2.05, 4.69) is 10.3 Å². The van der Waals surface area contributed by atoms with E-state index in [-0.39, 0.29) is 18.9 Å². The largest absolute Gasteiger partial charge is 0.481 e. The van der Waals surface area contributed by atoms with Crippen LogP contribution in [0.25, 0.3) is 0 Å². The molecule has 0 aliphatic rings. The van der Waals surface area contributed by atoms with Gasteiger partial charge in [0.05, 0.1) is 29.8 Å². The average molecular weight is 300 g/mol. The number of carbonyl (C=O) groups is 2. The topological polar surface area (TPSA) is 88.5 Å². The number of carboxylic acids is 1. The van der Waals surface area contributed by atoms with Gasteiger partial charge in [0.25, 0.3) is 5.91 Å². The zero-order valence-electron chi connectivity index (χ0n) is 11.9. The molecule has 0 saturated carbocycles. The van der Waals surface area contributed by atoms with Gasteiger partial charge in [0, 0.05) is 7.11 Å². The minimum atomic E-state index is -0.985. The SMILES string of the molecule is CCCc1ncc(C(=O)NC(C)(COC)CC(=O)O)s1. The van der Waals surface area contributed by atoms with Gasteiger partial charge in [-0.3, -0.25) is 9.59 Å². The molecule has 1 amide bonds. The lowest BCUT2D eigenvalue weighted by Crippen LogP contribution is -2.50. The average Bonchev–Trinajstić information content (AvgIpc) is 2.76. The molecule has 20 heavy (non-hydrogen) atoms. The summed E-state index contributed by atoms with van der Waals surface area (Å²) in [7, 11) is 1.47. The molecule has 7 heteroatoms. The summed E-state index contributed by atoms with van der Waals surface area (Å²) < 4.78 is 5.00. The fourth-order valence-corrected chi connectivity index (χ4v) is 2.78. The first-order valence-electron chi connectivity index (χ1n) is 6.38. The van der Waals surface area contributed by atoms with Gasteiger partial charge in [-0.25, -0.2) is 4.98 Å². The number of carboxylic acid groups (broad SMARTS) is 1. The van der Waals surface area contributed by atoms with Crippen molar-refractivity contribution >= 4 is 23.2 Å². The summed E-state index contributed by atoms with van der Waals surface area (Å²) in [4.78, 5) is 27.7. The van der Waals surface area contributed by atoms with E-state index in [1.165, 1.54) is 24.6 Å². The minimum Gasteiger partial charge on any atom is -0.481 e. The third-order valence-corrected chi connectivity index (χ3v) is 3.72. The van der Waals surface area contributed by atoms with Gasteiger partial charge in [-0.15, -0.1) is 11.3 Å². The predicted molar refractivity (Wildman–Crippen MR) is 76.1 cm³/mol. The van der Waals surface area contributed by atoms with E-state index in [1.807, 2.05) is 6.92 Å². The summed E-state index contributed by atoms with van der Waals surface area (Å²) in [5, 5.41) is 12.5. The number of methoxy groups -OCH3 is 1. The Balaban J connectivity index is 2.76. The number of carbonyl (C=O) groups excluding carboxylic acids is 1. The standard InChI is InChI=1S/C13H20N2O4S/c1-4-5-10-14-7-9(20-10)12(18)15-13(2,8-19-3)6-11(16)17/h7H,4-6,8H2,1-3H3,(H,15,18)(H,16,17). The van der Waals surface area contributed by atoms with E-state index < -0.39 is 11.5 Å². The van der Waals surface area contributed by atoms with Crippen molar-refractivity contribution in [1.29, 1.82) is 0 Å². The number of rotatable bonds is 8. The molecule has 1 aromatic heterocycles. The van der Waals surface area contributed by atoms with Gasteiger partial charge >= 0.3 is 5.97 Å². The van der Waals surface area contributed by atoms with E-state index in [1.54, 1.807) is 6.92 Å². The minimum absolute atomic E-state index is 0.131. The van der Waals surface area contributed by atoms with Gasteiger partial charge in [-0.1, -0.05) is 6.92 Å². The molecule has 0 radical (unpaired) electrons. The molecular weight excluding hydrogens is 280 g/mol. The summed E-state index contributed by atoms with van der Waals surface area (Å²) in [5.74, 6) is -1.30. The van der Waals surface area contributed by atoms with Crippen LogP contribution in [0.1, 0.15) is 41.4 Å². The van der Waals surface area contributed by atoms with Crippen molar-refractivity contribution in [2.45, 2.75) is 38.6 Å². The third-order valence-electron chi connectivity index (χ3n) is 2.66. The van der Waals surface area contributed by atoms with Crippen LogP contribution in [0.5, 0.6) is 0 Å². The van der Waals surface area contributed by atoms with Crippen LogP contribution < -0.4 is 5.32 Å². The summed E-state index contributed by atoms with van der Waals surface area (Å²) >= 11 is 1.33. The Morgan fingerprint density at radius 1 is 1.55 bits per heavy atom. The van der Waals surface area contributed by atoms with Crippen LogP contribution >= 0.6 is 11.3 Å². The molecule has 0 saturated heterocycles. The number of hydrogen-bond acceptors (Lipinski definition) is 5. The zero-order chi connectivity index (χ0) is 15.2. The maximum atomic E-state index is 12.1. The normalized spacial score (nSPS) is 13.8. The first-order chi connectivity index (χ1) is 9.40. The molecule has 0 aliphatic heterocycles. The monoisotopic (exact) mass is 300 g/mol. The highest BCUT2D eigenvalue weighted by atomic mass is 32.1. The maximum absolute atomic E-state index is 12.1. The zero-order valence-corrected chi connectivity index (χ0v) is 12.7. The second kappa shape index (κ2) is 7.35. The molecule has 0 aliphatic carbocycles. The van der Waals surface area contributed by atoms with Crippen LogP contribution in [-0.4, -0.2) is 41.2 Å².